The number of hydrogen-bond donors (Lipinski definition) is 0. The number of benzene rings is 1. The summed E-state index contributed by atoms with van der Waals surface area (Å²) in [5.74, 6) is 1.01. The molecule has 1 saturated heterocycles. The van der Waals surface area contributed by atoms with Gasteiger partial charge >= 0.3 is 6.09 Å². The first-order chi connectivity index (χ1) is 12.8. The van der Waals surface area contributed by atoms with E-state index in [1.165, 1.54) is 0 Å². The number of hydrogen-bond acceptors (Lipinski definition) is 4. The third-order valence-corrected chi connectivity index (χ3v) is 4.78. The minimum atomic E-state index is -0.484. The molecule has 1 amide bonds. The van der Waals surface area contributed by atoms with Gasteiger partial charge in [0.15, 0.2) is 6.29 Å². The molecule has 27 heavy (non-hydrogen) atoms. The van der Waals surface area contributed by atoms with Crippen LogP contribution in [0.1, 0.15) is 44.0 Å². The molecule has 1 aromatic carbocycles. The van der Waals surface area contributed by atoms with Gasteiger partial charge in [0.25, 0.3) is 0 Å². The molecule has 1 aliphatic heterocycles. The number of aromatic nitrogens is 1. The molecule has 0 spiro atoms. The molecule has 1 aromatic heterocycles. The molecule has 1 aliphatic rings. The summed E-state index contributed by atoms with van der Waals surface area (Å²) >= 11 is 0. The minimum absolute atomic E-state index is 0.256. The SMILES string of the molecule is Cn1cc(C=O)c2cc(OCC3CCCN(C(=O)OC(C)(C)C)C3)ccc21. The van der Waals surface area contributed by atoms with Crippen molar-refractivity contribution in [3.63, 3.8) is 0 Å². The summed E-state index contributed by atoms with van der Waals surface area (Å²) in [6, 6.07) is 5.80. The van der Waals surface area contributed by atoms with Gasteiger partial charge in [-0.25, -0.2) is 4.79 Å². The molecule has 6 heteroatoms. The van der Waals surface area contributed by atoms with E-state index in [9.17, 15) is 9.59 Å². The average Bonchev–Trinajstić information content (AvgIpc) is 2.94. The minimum Gasteiger partial charge on any atom is -0.493 e. The van der Waals surface area contributed by atoms with Gasteiger partial charge in [0.1, 0.15) is 11.4 Å². The van der Waals surface area contributed by atoms with E-state index in [1.54, 1.807) is 4.90 Å². The van der Waals surface area contributed by atoms with E-state index in [2.05, 4.69) is 0 Å². The van der Waals surface area contributed by atoms with Crippen molar-refractivity contribution in [3.8, 4) is 5.75 Å². The molecule has 0 N–H and O–H groups in total. The van der Waals surface area contributed by atoms with E-state index in [0.717, 1.165) is 42.3 Å². The zero-order valence-electron chi connectivity index (χ0n) is 16.5. The molecule has 6 nitrogen and oxygen atoms in total. The lowest BCUT2D eigenvalue weighted by Crippen LogP contribution is -2.44. The third kappa shape index (κ3) is 4.62. The van der Waals surface area contributed by atoms with Crippen molar-refractivity contribution in [3.05, 3.63) is 30.0 Å². The number of ether oxygens (including phenoxy) is 2. The molecule has 0 bridgehead atoms. The van der Waals surface area contributed by atoms with Crippen molar-refractivity contribution in [2.75, 3.05) is 19.7 Å². The first kappa shape index (κ1) is 19.3. The predicted molar refractivity (Wildman–Crippen MR) is 104 cm³/mol. The molecule has 0 radical (unpaired) electrons. The van der Waals surface area contributed by atoms with Crippen molar-refractivity contribution < 1.29 is 19.1 Å². The number of amides is 1. The van der Waals surface area contributed by atoms with E-state index in [4.69, 9.17) is 9.47 Å². The topological polar surface area (TPSA) is 60.8 Å². The molecule has 3 rings (SSSR count). The highest BCUT2D eigenvalue weighted by Crippen LogP contribution is 2.26. The Morgan fingerprint density at radius 2 is 2.11 bits per heavy atom. The summed E-state index contributed by atoms with van der Waals surface area (Å²) in [5.41, 5.74) is 1.17. The predicted octanol–water partition coefficient (Wildman–Crippen LogP) is 4.02. The van der Waals surface area contributed by atoms with Gasteiger partial charge in [-0.1, -0.05) is 0 Å². The van der Waals surface area contributed by atoms with Crippen LogP contribution in [0, 0.1) is 5.92 Å². The molecule has 1 fully saturated rings. The molecular weight excluding hydrogens is 344 g/mol. The first-order valence-corrected chi connectivity index (χ1v) is 9.42. The second kappa shape index (κ2) is 7.62. The lowest BCUT2D eigenvalue weighted by atomic mass is 9.99. The number of nitrogens with zero attached hydrogens (tertiary/aromatic N) is 2. The molecule has 2 aromatic rings. The fraction of sp³-hybridized carbons (Fsp3) is 0.524. The Morgan fingerprint density at radius 1 is 1.33 bits per heavy atom. The Morgan fingerprint density at radius 3 is 2.81 bits per heavy atom. The number of rotatable bonds is 4. The van der Waals surface area contributed by atoms with Crippen LogP contribution in [0.4, 0.5) is 4.79 Å². The Labute approximate surface area is 160 Å². The van der Waals surface area contributed by atoms with Crippen molar-refractivity contribution in [2.24, 2.45) is 13.0 Å². The second-order valence-electron chi connectivity index (χ2n) is 8.24. The van der Waals surface area contributed by atoms with Crippen LogP contribution in [0.25, 0.3) is 10.9 Å². The zero-order valence-corrected chi connectivity index (χ0v) is 16.5. The Kier molecular flexibility index (Phi) is 5.44. The first-order valence-electron chi connectivity index (χ1n) is 9.42. The summed E-state index contributed by atoms with van der Waals surface area (Å²) in [7, 11) is 1.92. The number of aldehydes is 1. The van der Waals surface area contributed by atoms with E-state index < -0.39 is 5.60 Å². The summed E-state index contributed by atoms with van der Waals surface area (Å²) in [6.45, 7) is 7.54. The van der Waals surface area contributed by atoms with Gasteiger partial charge in [0.2, 0.25) is 0 Å². The zero-order chi connectivity index (χ0) is 19.6. The van der Waals surface area contributed by atoms with Gasteiger partial charge in [0, 0.05) is 48.7 Å². The quantitative estimate of drug-likeness (QED) is 0.761. The maximum Gasteiger partial charge on any atom is 0.410 e. The van der Waals surface area contributed by atoms with Crippen molar-refractivity contribution in [2.45, 2.75) is 39.2 Å². The number of carbonyl (C=O) groups excluding carboxylic acids is 2. The Hall–Kier alpha value is -2.50. The highest BCUT2D eigenvalue weighted by Gasteiger charge is 2.28. The van der Waals surface area contributed by atoms with Crippen molar-refractivity contribution in [1.82, 2.24) is 9.47 Å². The standard InChI is InChI=1S/C21H28N2O4/c1-21(2,3)27-20(25)23-9-5-6-15(11-23)14-26-17-7-8-19-18(10-17)16(13-24)12-22(19)4/h7-8,10,12-13,15H,5-6,9,11,14H2,1-4H3. The lowest BCUT2D eigenvalue weighted by molar-refractivity contribution is 0.0139. The van der Waals surface area contributed by atoms with Crippen LogP contribution in [-0.4, -0.2) is 47.1 Å². The number of fused-ring (bicyclic) bond motifs is 1. The van der Waals surface area contributed by atoms with Crippen LogP contribution >= 0.6 is 0 Å². The summed E-state index contributed by atoms with van der Waals surface area (Å²) < 4.78 is 13.4. The summed E-state index contributed by atoms with van der Waals surface area (Å²) in [4.78, 5) is 25.3. The second-order valence-corrected chi connectivity index (χ2v) is 8.24. The highest BCUT2D eigenvalue weighted by molar-refractivity contribution is 5.98. The molecule has 0 saturated carbocycles. The normalized spacial score (nSPS) is 17.8. The van der Waals surface area contributed by atoms with Crippen LogP contribution in [0.2, 0.25) is 0 Å². The summed E-state index contributed by atoms with van der Waals surface area (Å²) in [6.07, 6.45) is 4.40. The maximum atomic E-state index is 12.3. The van der Waals surface area contributed by atoms with Gasteiger partial charge in [-0.2, -0.15) is 0 Å². The highest BCUT2D eigenvalue weighted by atomic mass is 16.6. The van der Waals surface area contributed by atoms with Gasteiger partial charge in [-0.05, 0) is 51.8 Å². The van der Waals surface area contributed by atoms with Gasteiger partial charge in [-0.3, -0.25) is 4.79 Å². The van der Waals surface area contributed by atoms with Gasteiger partial charge in [-0.15, -0.1) is 0 Å². The van der Waals surface area contributed by atoms with Crippen molar-refractivity contribution >= 4 is 23.3 Å². The molecule has 146 valence electrons. The molecular formula is C21H28N2O4. The molecule has 0 aliphatic carbocycles. The maximum absolute atomic E-state index is 12.3. The molecule has 2 heterocycles. The molecule has 1 unspecified atom stereocenters. The third-order valence-electron chi connectivity index (χ3n) is 4.78. The van der Waals surface area contributed by atoms with E-state index in [-0.39, 0.29) is 12.0 Å². The number of piperidine rings is 1. The molecule has 1 atom stereocenters. The van der Waals surface area contributed by atoms with Gasteiger partial charge in [0.05, 0.1) is 6.61 Å². The summed E-state index contributed by atoms with van der Waals surface area (Å²) in [5, 5.41) is 0.893. The smallest absolute Gasteiger partial charge is 0.410 e. The van der Waals surface area contributed by atoms with Crippen molar-refractivity contribution in [1.29, 1.82) is 0 Å². The fourth-order valence-corrected chi connectivity index (χ4v) is 3.49. The lowest BCUT2D eigenvalue weighted by Gasteiger charge is -2.34. The van der Waals surface area contributed by atoms with E-state index in [0.29, 0.717) is 18.7 Å². The van der Waals surface area contributed by atoms with Gasteiger partial charge < -0.3 is 18.9 Å². The van der Waals surface area contributed by atoms with E-state index >= 15 is 0 Å². The average molecular weight is 372 g/mol. The number of carbonyl (C=O) groups is 2. The number of aryl methyl sites for hydroxylation is 1. The Balaban J connectivity index is 1.62. The van der Waals surface area contributed by atoms with Crippen LogP contribution < -0.4 is 4.74 Å². The monoisotopic (exact) mass is 372 g/mol. The van der Waals surface area contributed by atoms with Crippen LogP contribution in [0.5, 0.6) is 5.75 Å². The van der Waals surface area contributed by atoms with Crippen LogP contribution in [-0.2, 0) is 11.8 Å². The van der Waals surface area contributed by atoms with Crippen LogP contribution in [0.15, 0.2) is 24.4 Å². The fourth-order valence-electron chi connectivity index (χ4n) is 3.49. The van der Waals surface area contributed by atoms with E-state index in [1.807, 2.05) is 56.8 Å². The Bertz CT molecular complexity index is 835. The number of likely N-dealkylation sites (tertiary alicyclic amines) is 1. The van der Waals surface area contributed by atoms with Crippen LogP contribution in [0.3, 0.4) is 0 Å². The largest absolute Gasteiger partial charge is 0.493 e.